The second-order valence-corrected chi connectivity index (χ2v) is 16.2. The number of methoxy groups -OCH3 is 1. The second kappa shape index (κ2) is 15.6. The summed E-state index contributed by atoms with van der Waals surface area (Å²) in [7, 11) is 1.72. The molecule has 2 aromatic heterocycles. The Balaban J connectivity index is 1.15. The van der Waals surface area contributed by atoms with Gasteiger partial charge in [0, 0.05) is 43.5 Å². The van der Waals surface area contributed by atoms with Crippen molar-refractivity contribution in [3.63, 3.8) is 0 Å². The Hall–Kier alpha value is -3.88. The molecule has 270 valence electrons. The van der Waals surface area contributed by atoms with Crippen molar-refractivity contribution in [3.8, 4) is 16.9 Å². The third-order valence-electron chi connectivity index (χ3n) is 11.4. The molecule has 9 nitrogen and oxygen atoms in total. The molecule has 1 aromatic carbocycles. The van der Waals surface area contributed by atoms with Crippen LogP contribution in [0, 0.1) is 24.7 Å². The first-order valence-corrected chi connectivity index (χ1v) is 18.9. The lowest BCUT2D eigenvalue weighted by molar-refractivity contribution is -0.124. The fourth-order valence-electron chi connectivity index (χ4n) is 8.03. The van der Waals surface area contributed by atoms with Gasteiger partial charge in [0.25, 0.3) is 0 Å². The van der Waals surface area contributed by atoms with Gasteiger partial charge >= 0.3 is 6.09 Å². The van der Waals surface area contributed by atoms with Gasteiger partial charge < -0.3 is 14.4 Å². The highest BCUT2D eigenvalue weighted by Gasteiger charge is 2.35. The summed E-state index contributed by atoms with van der Waals surface area (Å²) >= 11 is 0. The highest BCUT2D eigenvalue weighted by atomic mass is 16.6. The number of pyridine rings is 1. The molecule has 6 rings (SSSR count). The Labute approximate surface area is 298 Å². The van der Waals surface area contributed by atoms with Gasteiger partial charge in [0.15, 0.2) is 0 Å². The first-order valence-electron chi connectivity index (χ1n) is 18.9. The zero-order valence-corrected chi connectivity index (χ0v) is 31.1. The van der Waals surface area contributed by atoms with E-state index in [0.717, 1.165) is 68.5 Å². The van der Waals surface area contributed by atoms with Crippen LogP contribution in [-0.2, 0) is 15.1 Å². The molecular formula is C41H57N5O4. The summed E-state index contributed by atoms with van der Waals surface area (Å²) in [5.74, 6) is 3.24. The number of anilines is 1. The van der Waals surface area contributed by atoms with Crippen molar-refractivity contribution in [1.29, 1.82) is 0 Å². The molecule has 2 saturated carbocycles. The number of hydrogen-bond acceptors (Lipinski definition) is 6. The summed E-state index contributed by atoms with van der Waals surface area (Å²) in [4.78, 5) is 36.0. The standard InChI is InChI=1S/C41H57N5O4/c1-28-18-21-44(22-19-28)40(48)50-36-14-11-32(12-15-36)39(47)45(38-24-34(17-20-42-38)35-25-43-46(27-35)41(3,4)5)26-30-7-9-31(10-8-30)33-13-16-37(49-6)29(2)23-33/h13,16-17,20,23-25,27-28,30-32,36H,7-12,14-15,18-19,21-22,26H2,1-6H3. The van der Waals surface area contributed by atoms with Crippen molar-refractivity contribution in [2.45, 2.75) is 116 Å². The lowest BCUT2D eigenvalue weighted by atomic mass is 9.78. The van der Waals surface area contributed by atoms with E-state index in [1.807, 2.05) is 32.9 Å². The van der Waals surface area contributed by atoms with E-state index in [2.05, 4.69) is 70.2 Å². The maximum atomic E-state index is 14.5. The monoisotopic (exact) mass is 683 g/mol. The van der Waals surface area contributed by atoms with Crippen molar-refractivity contribution in [2.75, 3.05) is 31.6 Å². The molecule has 0 radical (unpaired) electrons. The van der Waals surface area contributed by atoms with Gasteiger partial charge in [-0.15, -0.1) is 0 Å². The number of carbonyl (C=O) groups excluding carboxylic acids is 2. The first-order chi connectivity index (χ1) is 24.0. The molecule has 9 heteroatoms. The predicted molar refractivity (Wildman–Crippen MR) is 197 cm³/mol. The fourth-order valence-corrected chi connectivity index (χ4v) is 8.03. The van der Waals surface area contributed by atoms with E-state index >= 15 is 0 Å². The molecule has 3 heterocycles. The Morgan fingerprint density at radius 1 is 0.920 bits per heavy atom. The molecule has 1 aliphatic heterocycles. The molecule has 2 amide bonds. The van der Waals surface area contributed by atoms with Gasteiger partial charge in [0.2, 0.25) is 5.91 Å². The van der Waals surface area contributed by atoms with E-state index in [9.17, 15) is 9.59 Å². The number of amides is 2. The molecule has 0 spiro atoms. The van der Waals surface area contributed by atoms with E-state index in [1.54, 1.807) is 7.11 Å². The van der Waals surface area contributed by atoms with Crippen molar-refractivity contribution >= 4 is 17.8 Å². The molecule has 0 N–H and O–H groups in total. The summed E-state index contributed by atoms with van der Waals surface area (Å²) in [6, 6.07) is 10.6. The van der Waals surface area contributed by atoms with E-state index in [-0.39, 0.29) is 29.6 Å². The molecule has 0 bridgehead atoms. The highest BCUT2D eigenvalue weighted by Crippen LogP contribution is 2.39. The van der Waals surface area contributed by atoms with Gasteiger partial charge in [-0.3, -0.25) is 14.4 Å². The fraction of sp³-hybridized carbons (Fsp3) is 0.610. The van der Waals surface area contributed by atoms with Crippen molar-refractivity contribution in [3.05, 3.63) is 60.0 Å². The van der Waals surface area contributed by atoms with Crippen LogP contribution in [0.25, 0.3) is 11.1 Å². The number of aromatic nitrogens is 3. The molecule has 3 fully saturated rings. The van der Waals surface area contributed by atoms with Crippen LogP contribution < -0.4 is 9.64 Å². The number of likely N-dealkylation sites (tertiary alicyclic amines) is 1. The third-order valence-corrected chi connectivity index (χ3v) is 11.4. The number of carbonyl (C=O) groups is 2. The Morgan fingerprint density at radius 3 is 2.28 bits per heavy atom. The molecule has 1 saturated heterocycles. The summed E-state index contributed by atoms with van der Waals surface area (Å²) in [6.45, 7) is 13.0. The first kappa shape index (κ1) is 35.9. The average molecular weight is 684 g/mol. The van der Waals surface area contributed by atoms with Crippen molar-refractivity contribution < 1.29 is 19.1 Å². The quantitative estimate of drug-likeness (QED) is 0.236. The van der Waals surface area contributed by atoms with Gasteiger partial charge in [0.1, 0.15) is 17.7 Å². The molecule has 0 unspecified atom stereocenters. The number of rotatable bonds is 8. The van der Waals surface area contributed by atoms with E-state index < -0.39 is 0 Å². The zero-order valence-electron chi connectivity index (χ0n) is 31.1. The molecule has 0 atom stereocenters. The van der Waals surface area contributed by atoms with Gasteiger partial charge in [-0.1, -0.05) is 19.1 Å². The SMILES string of the molecule is COc1ccc(C2CCC(CN(C(=O)C3CCC(OC(=O)N4CCC(C)CC4)CC3)c3cc(-c4cnn(C(C)(C)C)c4)ccn3)CC2)cc1C. The number of hydrogen-bond donors (Lipinski definition) is 0. The Morgan fingerprint density at radius 2 is 1.64 bits per heavy atom. The minimum absolute atomic E-state index is 0.117. The van der Waals surface area contributed by atoms with Crippen LogP contribution in [0.2, 0.25) is 0 Å². The zero-order chi connectivity index (χ0) is 35.4. The minimum Gasteiger partial charge on any atom is -0.496 e. The lowest BCUT2D eigenvalue weighted by Gasteiger charge is -2.36. The Kier molecular flexibility index (Phi) is 11.2. The van der Waals surface area contributed by atoms with Crippen LogP contribution in [0.4, 0.5) is 10.6 Å². The molecule has 2 aliphatic carbocycles. The summed E-state index contributed by atoms with van der Waals surface area (Å²) in [5.41, 5.74) is 4.45. The Bertz CT molecular complexity index is 1600. The molecular weight excluding hydrogens is 626 g/mol. The number of benzene rings is 1. The van der Waals surface area contributed by atoms with Gasteiger partial charge in [-0.05, 0) is 145 Å². The highest BCUT2D eigenvalue weighted by molar-refractivity contribution is 5.94. The maximum absolute atomic E-state index is 14.5. The van der Waals surface area contributed by atoms with E-state index in [1.165, 1.54) is 11.1 Å². The second-order valence-electron chi connectivity index (χ2n) is 16.2. The van der Waals surface area contributed by atoms with Crippen LogP contribution in [0.15, 0.2) is 48.9 Å². The van der Waals surface area contributed by atoms with Crippen LogP contribution >= 0.6 is 0 Å². The van der Waals surface area contributed by atoms with Crippen molar-refractivity contribution in [2.24, 2.45) is 17.8 Å². The van der Waals surface area contributed by atoms with E-state index in [4.69, 9.17) is 14.5 Å². The lowest BCUT2D eigenvalue weighted by Crippen LogP contribution is -2.43. The normalized spacial score (nSPS) is 23.4. The number of piperidine rings is 1. The number of aryl methyl sites for hydroxylation is 1. The van der Waals surface area contributed by atoms with Crippen LogP contribution in [-0.4, -0.2) is 64.5 Å². The smallest absolute Gasteiger partial charge is 0.410 e. The molecule has 3 aromatic rings. The largest absolute Gasteiger partial charge is 0.496 e. The maximum Gasteiger partial charge on any atom is 0.410 e. The summed E-state index contributed by atoms with van der Waals surface area (Å²) < 4.78 is 13.4. The van der Waals surface area contributed by atoms with Gasteiger partial charge in [-0.25, -0.2) is 9.78 Å². The summed E-state index contributed by atoms with van der Waals surface area (Å²) in [5, 5.41) is 4.62. The molecule has 50 heavy (non-hydrogen) atoms. The molecule has 3 aliphatic rings. The van der Waals surface area contributed by atoms with Crippen molar-refractivity contribution in [1.82, 2.24) is 19.7 Å². The number of ether oxygens (including phenoxy) is 2. The third kappa shape index (κ3) is 8.52. The van der Waals surface area contributed by atoms with Crippen LogP contribution in [0.3, 0.4) is 0 Å². The van der Waals surface area contributed by atoms with Crippen LogP contribution in [0.5, 0.6) is 5.75 Å². The van der Waals surface area contributed by atoms with Crippen LogP contribution in [0.1, 0.15) is 109 Å². The van der Waals surface area contributed by atoms with Gasteiger partial charge in [0.05, 0.1) is 18.8 Å². The summed E-state index contributed by atoms with van der Waals surface area (Å²) in [6.07, 6.45) is 14.7. The predicted octanol–water partition coefficient (Wildman–Crippen LogP) is 8.75. The topological polar surface area (TPSA) is 89.8 Å². The van der Waals surface area contributed by atoms with Gasteiger partial charge in [-0.2, -0.15) is 5.10 Å². The average Bonchev–Trinajstić information content (AvgIpc) is 3.63. The minimum atomic E-state index is -0.190. The van der Waals surface area contributed by atoms with E-state index in [0.29, 0.717) is 55.8 Å². The number of nitrogens with zero attached hydrogens (tertiary/aromatic N) is 5.